The van der Waals surface area contributed by atoms with Crippen LogP contribution in [-0.2, 0) is 15.4 Å². The van der Waals surface area contributed by atoms with E-state index in [0.29, 0.717) is 11.1 Å². The monoisotopic (exact) mass is 502 g/mol. The van der Waals surface area contributed by atoms with E-state index in [1.807, 2.05) is 0 Å². The normalized spacial score (nSPS) is 23.7. The third-order valence-corrected chi connectivity index (χ3v) is 8.98. The molecule has 2 aliphatic rings. The van der Waals surface area contributed by atoms with Gasteiger partial charge in [0.25, 0.3) is 0 Å². The van der Waals surface area contributed by atoms with E-state index in [1.54, 1.807) is 13.8 Å². The molecule has 0 fully saturated rings. The van der Waals surface area contributed by atoms with E-state index in [9.17, 15) is 17.2 Å². The Labute approximate surface area is 200 Å². The van der Waals surface area contributed by atoms with Gasteiger partial charge in [-0.3, -0.25) is 0 Å². The Kier molecular flexibility index (Phi) is 5.99. The van der Waals surface area contributed by atoms with E-state index in [0.717, 1.165) is 18.0 Å². The van der Waals surface area contributed by atoms with Crippen molar-refractivity contribution in [2.75, 3.05) is 12.9 Å². The molecule has 0 unspecified atom stereocenters. The first kappa shape index (κ1) is 23.9. The van der Waals surface area contributed by atoms with Gasteiger partial charge in [-0.2, -0.15) is 0 Å². The Hall–Kier alpha value is -3.23. The number of sulfone groups is 1. The Morgan fingerprint density at radius 3 is 2.74 bits per heavy atom. The number of rotatable bonds is 6. The van der Waals surface area contributed by atoms with Crippen molar-refractivity contribution < 1.29 is 21.9 Å². The van der Waals surface area contributed by atoms with Crippen LogP contribution in [-0.4, -0.2) is 40.5 Å². The summed E-state index contributed by atoms with van der Waals surface area (Å²) in [6.07, 6.45) is 6.30. The minimum Gasteiger partial charge on any atom is -0.463 e. The van der Waals surface area contributed by atoms with Crippen molar-refractivity contribution in [3.05, 3.63) is 64.9 Å². The van der Waals surface area contributed by atoms with Crippen LogP contribution < -0.4 is 10.5 Å². The van der Waals surface area contributed by atoms with Crippen LogP contribution in [0.15, 0.2) is 47.2 Å². The van der Waals surface area contributed by atoms with Crippen LogP contribution in [0.1, 0.15) is 30.7 Å². The summed E-state index contributed by atoms with van der Waals surface area (Å²) in [7, 11) is -3.57. The van der Waals surface area contributed by atoms with Crippen molar-refractivity contribution in [2.45, 2.75) is 23.5 Å². The van der Waals surface area contributed by atoms with Crippen molar-refractivity contribution >= 4 is 38.7 Å². The second-order valence-corrected chi connectivity index (χ2v) is 11.5. The molecule has 0 amide bonds. The van der Waals surface area contributed by atoms with E-state index >= 15 is 0 Å². The van der Waals surface area contributed by atoms with E-state index in [-0.39, 0.29) is 28.9 Å². The number of halogens is 2. The maximum absolute atomic E-state index is 14.9. The summed E-state index contributed by atoms with van der Waals surface area (Å²) in [5, 5.41) is 0.0273. The summed E-state index contributed by atoms with van der Waals surface area (Å²) in [6, 6.07) is 3.99. The summed E-state index contributed by atoms with van der Waals surface area (Å²) in [4.78, 5) is 12.4. The predicted molar refractivity (Wildman–Crippen MR) is 129 cm³/mol. The molecule has 2 N–H and O–H groups in total. The predicted octanol–water partition coefficient (Wildman–Crippen LogP) is 3.44. The van der Waals surface area contributed by atoms with Crippen molar-refractivity contribution in [1.29, 1.82) is 0 Å². The highest BCUT2D eigenvalue weighted by Gasteiger charge is 2.64. The van der Waals surface area contributed by atoms with Crippen molar-refractivity contribution in [3.8, 4) is 17.7 Å². The zero-order chi connectivity index (χ0) is 24.7. The highest BCUT2D eigenvalue weighted by molar-refractivity contribution is 8.24. The Morgan fingerprint density at radius 2 is 2.09 bits per heavy atom. The SMILES string of the molecule is CC#CCOc1cnc(/C(F)=C/c2ccc(F)c([C@@]3(C)N=C(N)S[C@@]4(S(C)(=O)=O)C=C34)c2)cn1. The smallest absolute Gasteiger partial charge is 0.233 e. The molecule has 34 heavy (non-hydrogen) atoms. The third-order valence-electron chi connectivity index (χ3n) is 5.44. The summed E-state index contributed by atoms with van der Waals surface area (Å²) in [6.45, 7) is 3.41. The lowest BCUT2D eigenvalue weighted by Crippen LogP contribution is -2.38. The van der Waals surface area contributed by atoms with Crippen LogP contribution in [0.2, 0.25) is 0 Å². The fourth-order valence-electron chi connectivity index (χ4n) is 3.69. The van der Waals surface area contributed by atoms with Gasteiger partial charge in [-0.1, -0.05) is 23.7 Å². The molecule has 1 aliphatic heterocycles. The molecule has 0 saturated heterocycles. The number of nitrogens with two attached hydrogens (primary N) is 1. The van der Waals surface area contributed by atoms with Gasteiger partial charge >= 0.3 is 0 Å². The second-order valence-electron chi connectivity index (χ2n) is 7.81. The maximum Gasteiger partial charge on any atom is 0.233 e. The van der Waals surface area contributed by atoms with Crippen LogP contribution in [0.4, 0.5) is 8.78 Å². The van der Waals surface area contributed by atoms with Gasteiger partial charge < -0.3 is 10.5 Å². The van der Waals surface area contributed by atoms with Gasteiger partial charge in [0.2, 0.25) is 5.88 Å². The Balaban J connectivity index is 1.65. The first-order valence-electron chi connectivity index (χ1n) is 10.00. The highest BCUT2D eigenvalue weighted by Crippen LogP contribution is 2.62. The third kappa shape index (κ3) is 4.19. The topological polar surface area (TPSA) is 108 Å². The molecule has 1 aliphatic carbocycles. The standard InChI is InChI=1S/C23H20F2N4O3S2/c1-4-5-8-32-20-13-27-18(12-28-20)17(25)10-14-6-7-16(24)15(9-14)22(2)19-11-23(19,34(3,30)31)33-21(26)29-22/h6-7,9-13H,8H2,1-3H3,(H2,26,29)/b17-10-/t22-,23-/m1/s1. The van der Waals surface area contributed by atoms with Gasteiger partial charge in [0.05, 0.1) is 12.4 Å². The maximum atomic E-state index is 14.9. The van der Waals surface area contributed by atoms with Crippen LogP contribution >= 0.6 is 11.8 Å². The summed E-state index contributed by atoms with van der Waals surface area (Å²) in [5.74, 6) is 4.28. The molecule has 2 heterocycles. The van der Waals surface area contributed by atoms with Crippen LogP contribution in [0.3, 0.4) is 0 Å². The van der Waals surface area contributed by atoms with Gasteiger partial charge in [0.1, 0.15) is 17.1 Å². The Morgan fingerprint density at radius 1 is 1.32 bits per heavy atom. The van der Waals surface area contributed by atoms with Crippen molar-refractivity contribution in [1.82, 2.24) is 9.97 Å². The van der Waals surface area contributed by atoms with Gasteiger partial charge in [-0.25, -0.2) is 32.2 Å². The molecule has 2 atom stereocenters. The van der Waals surface area contributed by atoms with Gasteiger partial charge in [0.15, 0.2) is 31.5 Å². The number of amidine groups is 1. The number of nitrogens with zero attached hydrogens (tertiary/aromatic N) is 3. The molecule has 0 radical (unpaired) electrons. The minimum absolute atomic E-state index is 0.0273. The molecular formula is C23H20F2N4O3S2. The van der Waals surface area contributed by atoms with E-state index in [4.69, 9.17) is 10.5 Å². The Bertz CT molecular complexity index is 1430. The van der Waals surface area contributed by atoms with Gasteiger partial charge in [0, 0.05) is 11.8 Å². The summed E-state index contributed by atoms with van der Waals surface area (Å²) >= 11 is 0.912. The van der Waals surface area contributed by atoms with Crippen LogP contribution in [0, 0.1) is 17.7 Å². The van der Waals surface area contributed by atoms with Crippen molar-refractivity contribution in [2.24, 2.45) is 10.7 Å². The van der Waals surface area contributed by atoms with Crippen molar-refractivity contribution in [3.63, 3.8) is 0 Å². The lowest BCUT2D eigenvalue weighted by molar-refractivity contribution is 0.353. The number of hydrogen-bond acceptors (Lipinski definition) is 8. The quantitative estimate of drug-likeness (QED) is 0.476. The molecule has 0 bridgehead atoms. The number of aliphatic imine (C=N–C) groups is 1. The molecule has 4 rings (SSSR count). The lowest BCUT2D eigenvalue weighted by atomic mass is 9.87. The number of ether oxygens (including phenoxy) is 1. The van der Waals surface area contributed by atoms with Crippen LogP contribution in [0.5, 0.6) is 5.88 Å². The number of hydrogen-bond donors (Lipinski definition) is 1. The zero-order valence-electron chi connectivity index (χ0n) is 18.5. The fourth-order valence-corrected chi connectivity index (χ4v) is 6.50. The second kappa shape index (κ2) is 8.52. The molecule has 1 aromatic heterocycles. The first-order valence-corrected chi connectivity index (χ1v) is 12.7. The largest absolute Gasteiger partial charge is 0.463 e. The zero-order valence-corrected chi connectivity index (χ0v) is 20.1. The van der Waals surface area contributed by atoms with E-state index in [2.05, 4.69) is 26.8 Å². The van der Waals surface area contributed by atoms with Gasteiger partial charge in [-0.05, 0) is 49.3 Å². The molecule has 11 heteroatoms. The first-order chi connectivity index (χ1) is 16.0. The highest BCUT2D eigenvalue weighted by atomic mass is 32.3. The van der Waals surface area contributed by atoms with Gasteiger partial charge in [-0.15, -0.1) is 5.92 Å². The molecule has 0 saturated carbocycles. The molecule has 176 valence electrons. The average Bonchev–Trinajstić information content (AvgIpc) is 3.53. The molecule has 0 spiro atoms. The van der Waals surface area contributed by atoms with Crippen LogP contribution in [0.25, 0.3) is 11.9 Å². The number of benzene rings is 1. The average molecular weight is 503 g/mol. The molecular weight excluding hydrogens is 482 g/mol. The minimum atomic E-state index is -3.57. The molecule has 7 nitrogen and oxygen atoms in total. The van der Waals surface area contributed by atoms with E-state index in [1.165, 1.54) is 42.7 Å². The fraction of sp³-hybridized carbons (Fsp3) is 0.261. The number of thioether (sulfide) groups is 1. The molecule has 2 aromatic rings. The number of aromatic nitrogens is 2. The number of fused-ring (bicyclic) bond motifs is 1. The lowest BCUT2D eigenvalue weighted by Gasteiger charge is -2.33. The van der Waals surface area contributed by atoms with E-state index < -0.39 is 31.1 Å². The molecule has 1 aromatic carbocycles. The summed E-state index contributed by atoms with van der Waals surface area (Å²) in [5.41, 5.74) is 5.39. The summed E-state index contributed by atoms with van der Waals surface area (Å²) < 4.78 is 58.5.